The number of benzene rings is 1. The van der Waals surface area contributed by atoms with Crippen molar-refractivity contribution in [3.8, 4) is 0 Å². The summed E-state index contributed by atoms with van der Waals surface area (Å²) in [7, 11) is -3.43. The quantitative estimate of drug-likeness (QED) is 0.856. The fraction of sp³-hybridized carbons (Fsp3) is 0.375. The number of aryl methyl sites for hydroxylation is 1. The largest absolute Gasteiger partial charge is 0.355 e. The number of nitrogens with zero attached hydrogens (tertiary/aromatic N) is 4. The molecule has 1 aromatic heterocycles. The van der Waals surface area contributed by atoms with Crippen LogP contribution in [-0.4, -0.2) is 48.9 Å². The maximum atomic E-state index is 12.7. The van der Waals surface area contributed by atoms with E-state index in [2.05, 4.69) is 14.9 Å². The summed E-state index contributed by atoms with van der Waals surface area (Å²) in [6, 6.07) is 10.5. The highest BCUT2D eigenvalue weighted by Crippen LogP contribution is 2.19. The molecule has 0 unspecified atom stereocenters. The van der Waals surface area contributed by atoms with Gasteiger partial charge in [-0.1, -0.05) is 18.2 Å². The molecule has 23 heavy (non-hydrogen) atoms. The number of rotatable bonds is 3. The molecule has 122 valence electrons. The Morgan fingerprint density at radius 2 is 1.78 bits per heavy atom. The van der Waals surface area contributed by atoms with Crippen molar-refractivity contribution in [3.63, 3.8) is 0 Å². The van der Waals surface area contributed by atoms with E-state index in [1.165, 1.54) is 0 Å². The molecular formula is C16H20N4O2S. The second kappa shape index (κ2) is 6.64. The Kier molecular flexibility index (Phi) is 4.58. The van der Waals surface area contributed by atoms with E-state index >= 15 is 0 Å². The highest BCUT2D eigenvalue weighted by molar-refractivity contribution is 7.89. The van der Waals surface area contributed by atoms with Crippen molar-refractivity contribution in [1.29, 1.82) is 0 Å². The molecule has 0 N–H and O–H groups in total. The van der Waals surface area contributed by atoms with Crippen LogP contribution < -0.4 is 4.90 Å². The van der Waals surface area contributed by atoms with Crippen LogP contribution in [0.3, 0.4) is 0 Å². The molecule has 0 amide bonds. The van der Waals surface area contributed by atoms with Gasteiger partial charge in [0.1, 0.15) is 12.1 Å². The van der Waals surface area contributed by atoms with Gasteiger partial charge in [0.25, 0.3) is 0 Å². The minimum atomic E-state index is -3.43. The lowest BCUT2D eigenvalue weighted by Crippen LogP contribution is -2.35. The van der Waals surface area contributed by atoms with Crippen molar-refractivity contribution in [3.05, 3.63) is 48.4 Å². The number of anilines is 1. The third-order valence-corrected chi connectivity index (χ3v) is 5.86. The van der Waals surface area contributed by atoms with Crippen LogP contribution in [0, 0.1) is 6.92 Å². The standard InChI is InChI=1S/C16H20N4O2S/c1-14-12-16(18-13-17-14)19-8-5-9-20(11-10-19)23(21,22)15-6-3-2-4-7-15/h2-4,6-7,12-13H,5,8-11H2,1H3. The Labute approximate surface area is 136 Å². The summed E-state index contributed by atoms with van der Waals surface area (Å²) in [5.74, 6) is 0.858. The summed E-state index contributed by atoms with van der Waals surface area (Å²) >= 11 is 0. The van der Waals surface area contributed by atoms with E-state index < -0.39 is 10.0 Å². The average molecular weight is 332 g/mol. The number of hydrogen-bond donors (Lipinski definition) is 0. The van der Waals surface area contributed by atoms with Crippen molar-refractivity contribution >= 4 is 15.8 Å². The minimum absolute atomic E-state index is 0.353. The first-order chi connectivity index (χ1) is 11.1. The first kappa shape index (κ1) is 15.9. The summed E-state index contributed by atoms with van der Waals surface area (Å²) < 4.78 is 27.0. The van der Waals surface area contributed by atoms with Crippen molar-refractivity contribution < 1.29 is 8.42 Å². The topological polar surface area (TPSA) is 66.4 Å². The molecule has 6 nitrogen and oxygen atoms in total. The Morgan fingerprint density at radius 1 is 1.00 bits per heavy atom. The van der Waals surface area contributed by atoms with Crippen molar-refractivity contribution in [2.45, 2.75) is 18.2 Å². The molecule has 0 bridgehead atoms. The molecule has 1 aromatic carbocycles. The lowest BCUT2D eigenvalue weighted by atomic mass is 10.3. The molecule has 1 aliphatic heterocycles. The summed E-state index contributed by atoms with van der Waals surface area (Å²) in [5.41, 5.74) is 0.910. The molecule has 0 aliphatic carbocycles. The summed E-state index contributed by atoms with van der Waals surface area (Å²) in [6.45, 7) is 4.33. The van der Waals surface area contributed by atoms with E-state index in [1.54, 1.807) is 34.9 Å². The van der Waals surface area contributed by atoms with E-state index in [4.69, 9.17) is 0 Å². The summed E-state index contributed by atoms with van der Waals surface area (Å²) in [4.78, 5) is 10.9. The van der Waals surface area contributed by atoms with Crippen molar-refractivity contribution in [2.24, 2.45) is 0 Å². The maximum Gasteiger partial charge on any atom is 0.243 e. The van der Waals surface area contributed by atoms with Crippen LogP contribution in [0.4, 0.5) is 5.82 Å². The zero-order valence-corrected chi connectivity index (χ0v) is 13.9. The number of aromatic nitrogens is 2. The van der Waals surface area contributed by atoms with Crippen molar-refractivity contribution in [1.82, 2.24) is 14.3 Å². The van der Waals surface area contributed by atoms with Crippen LogP contribution in [0.25, 0.3) is 0 Å². The first-order valence-corrected chi connectivity index (χ1v) is 9.10. The Balaban J connectivity index is 1.76. The van der Waals surface area contributed by atoms with Gasteiger partial charge in [-0.05, 0) is 25.5 Å². The molecule has 0 saturated carbocycles. The molecular weight excluding hydrogens is 312 g/mol. The van der Waals surface area contributed by atoms with Crippen molar-refractivity contribution in [2.75, 3.05) is 31.1 Å². The Hall–Kier alpha value is -1.99. The predicted molar refractivity (Wildman–Crippen MR) is 88.8 cm³/mol. The molecule has 0 atom stereocenters. The summed E-state index contributed by atoms with van der Waals surface area (Å²) in [6.07, 6.45) is 2.32. The zero-order chi connectivity index (χ0) is 16.3. The third kappa shape index (κ3) is 3.51. The van der Waals surface area contributed by atoms with Gasteiger partial charge in [-0.25, -0.2) is 18.4 Å². The molecule has 1 aliphatic rings. The van der Waals surface area contributed by atoms with Gasteiger partial charge in [0.05, 0.1) is 4.90 Å². The van der Waals surface area contributed by atoms with Gasteiger partial charge in [-0.3, -0.25) is 0 Å². The fourth-order valence-corrected chi connectivity index (χ4v) is 4.21. The smallest absolute Gasteiger partial charge is 0.243 e. The Morgan fingerprint density at radius 3 is 2.52 bits per heavy atom. The minimum Gasteiger partial charge on any atom is -0.355 e. The molecule has 1 saturated heterocycles. The van der Waals surface area contributed by atoms with Crippen LogP contribution in [0.5, 0.6) is 0 Å². The second-order valence-electron chi connectivity index (χ2n) is 5.58. The Bertz CT molecular complexity index is 765. The fourth-order valence-electron chi connectivity index (χ4n) is 2.72. The molecule has 7 heteroatoms. The lowest BCUT2D eigenvalue weighted by Gasteiger charge is -2.22. The first-order valence-electron chi connectivity index (χ1n) is 7.66. The van der Waals surface area contributed by atoms with Gasteiger partial charge in [0.15, 0.2) is 0 Å². The second-order valence-corrected chi connectivity index (χ2v) is 7.51. The van der Waals surface area contributed by atoms with Gasteiger partial charge in [0, 0.05) is 37.9 Å². The van der Waals surface area contributed by atoms with E-state index in [0.29, 0.717) is 24.5 Å². The third-order valence-electron chi connectivity index (χ3n) is 3.95. The molecule has 2 heterocycles. The van der Waals surface area contributed by atoms with E-state index in [1.807, 2.05) is 19.1 Å². The molecule has 0 radical (unpaired) electrons. The van der Waals surface area contributed by atoms with Crippen LogP contribution >= 0.6 is 0 Å². The average Bonchev–Trinajstić information content (AvgIpc) is 2.82. The molecule has 1 fully saturated rings. The van der Waals surface area contributed by atoms with Crippen LogP contribution in [0.15, 0.2) is 47.6 Å². The maximum absolute atomic E-state index is 12.7. The summed E-state index contributed by atoms with van der Waals surface area (Å²) in [5, 5.41) is 0. The van der Waals surface area contributed by atoms with Gasteiger partial charge >= 0.3 is 0 Å². The normalized spacial score (nSPS) is 17.0. The predicted octanol–water partition coefficient (Wildman–Crippen LogP) is 1.69. The number of hydrogen-bond acceptors (Lipinski definition) is 5. The van der Waals surface area contributed by atoms with Gasteiger partial charge in [0.2, 0.25) is 10.0 Å². The highest BCUT2D eigenvalue weighted by atomic mass is 32.2. The van der Waals surface area contributed by atoms with Crippen LogP contribution in [0.2, 0.25) is 0 Å². The number of sulfonamides is 1. The van der Waals surface area contributed by atoms with Gasteiger partial charge < -0.3 is 4.90 Å². The zero-order valence-electron chi connectivity index (χ0n) is 13.1. The highest BCUT2D eigenvalue weighted by Gasteiger charge is 2.27. The van der Waals surface area contributed by atoms with Gasteiger partial charge in [-0.2, -0.15) is 4.31 Å². The lowest BCUT2D eigenvalue weighted by molar-refractivity contribution is 0.433. The molecule has 0 spiro atoms. The van der Waals surface area contributed by atoms with Crippen LogP contribution in [-0.2, 0) is 10.0 Å². The molecule has 2 aromatic rings. The monoisotopic (exact) mass is 332 g/mol. The van der Waals surface area contributed by atoms with E-state index in [-0.39, 0.29) is 0 Å². The van der Waals surface area contributed by atoms with Crippen LogP contribution in [0.1, 0.15) is 12.1 Å². The van der Waals surface area contributed by atoms with E-state index in [0.717, 1.165) is 24.5 Å². The van der Waals surface area contributed by atoms with Gasteiger partial charge in [-0.15, -0.1) is 0 Å². The SMILES string of the molecule is Cc1cc(N2CCCN(S(=O)(=O)c3ccccc3)CC2)ncn1. The molecule has 3 rings (SSSR count). The van der Waals surface area contributed by atoms with E-state index in [9.17, 15) is 8.42 Å².